The van der Waals surface area contributed by atoms with E-state index in [1.807, 2.05) is 0 Å². The molecule has 1 heterocycles. The molecule has 0 unspecified atom stereocenters. The van der Waals surface area contributed by atoms with Gasteiger partial charge in [-0.1, -0.05) is 91.0 Å². The first-order chi connectivity index (χ1) is 13.7. The van der Waals surface area contributed by atoms with E-state index in [0.29, 0.717) is 0 Å². The van der Waals surface area contributed by atoms with Crippen LogP contribution in [-0.2, 0) is 17.7 Å². The fourth-order valence-electron chi connectivity index (χ4n) is 2.54. The third-order valence-electron chi connectivity index (χ3n) is 3.67. The summed E-state index contributed by atoms with van der Waals surface area (Å²) in [7, 11) is 14.4. The predicted molar refractivity (Wildman–Crippen MR) is 122 cm³/mol. The molecule has 0 saturated carbocycles. The summed E-state index contributed by atoms with van der Waals surface area (Å²) in [4.78, 5) is 0. The molecule has 1 aliphatic heterocycles. The fourth-order valence-corrected chi connectivity index (χ4v) is 4.84. The second-order valence-electron chi connectivity index (χ2n) is 5.54. The summed E-state index contributed by atoms with van der Waals surface area (Å²) in [6.45, 7) is 2.67. The molecule has 0 amide bonds. The van der Waals surface area contributed by atoms with Crippen LogP contribution in [-0.4, -0.2) is 19.9 Å². The average molecular weight is 545 g/mol. The quantitative estimate of drug-likeness (QED) is 0.367. The maximum atomic E-state index is 4.94. The van der Waals surface area contributed by atoms with Gasteiger partial charge in [0.1, 0.15) is 0 Å². The zero-order valence-electron chi connectivity index (χ0n) is 15.1. The summed E-state index contributed by atoms with van der Waals surface area (Å²) in [5.74, 6) is 0. The molecule has 0 aromatic heterocycles. The van der Waals surface area contributed by atoms with Crippen LogP contribution in [0.4, 0.5) is 0 Å². The van der Waals surface area contributed by atoms with Crippen molar-refractivity contribution < 1.29 is 17.7 Å². The summed E-state index contributed by atoms with van der Waals surface area (Å²) in [5, 5.41) is 7.19. The van der Waals surface area contributed by atoms with E-state index in [9.17, 15) is 0 Å². The van der Waals surface area contributed by atoms with Crippen LogP contribution in [0, 0.1) is 0 Å². The molecule has 4 rings (SSSR count). The Hall–Kier alpha value is -0.497. The van der Waals surface area contributed by atoms with Crippen molar-refractivity contribution in [2.45, 2.75) is 0 Å². The summed E-state index contributed by atoms with van der Waals surface area (Å²) >= 11 is -1.66. The zero-order valence-corrected chi connectivity index (χ0v) is 19.9. The zero-order chi connectivity index (χ0) is 20.0. The first-order valence-corrected chi connectivity index (χ1v) is 16.2. The second-order valence-corrected chi connectivity index (χ2v) is 15.2. The molecule has 3 aromatic rings. The fraction of sp³-hybridized carbons (Fsp3) is 0.143. The molecule has 1 fully saturated rings. The van der Waals surface area contributed by atoms with E-state index in [2.05, 4.69) is 96.3 Å². The van der Waals surface area contributed by atoms with E-state index >= 15 is 0 Å². The SMILES string of the molecule is C1COCN1.[Cl][Rh]([Cl])[Cl].c1ccc(P(c2ccccc2)c2ccccc2)cc1. The normalized spacial score (nSPS) is 13.1. The van der Waals surface area contributed by atoms with E-state index in [1.54, 1.807) is 0 Å². The van der Waals surface area contributed by atoms with Crippen molar-refractivity contribution in [2.75, 3.05) is 19.9 Å². The van der Waals surface area contributed by atoms with Crippen LogP contribution in [0.3, 0.4) is 0 Å². The monoisotopic (exact) mass is 543 g/mol. The average Bonchev–Trinajstić information content (AvgIpc) is 3.31. The molecule has 1 saturated heterocycles. The van der Waals surface area contributed by atoms with Crippen molar-refractivity contribution in [2.24, 2.45) is 0 Å². The van der Waals surface area contributed by atoms with Gasteiger partial charge in [-0.25, -0.2) is 0 Å². The Morgan fingerprint density at radius 1 is 0.679 bits per heavy atom. The second kappa shape index (κ2) is 14.5. The van der Waals surface area contributed by atoms with Crippen molar-refractivity contribution in [3.63, 3.8) is 0 Å². The van der Waals surface area contributed by atoms with Crippen LogP contribution in [0.1, 0.15) is 0 Å². The third-order valence-corrected chi connectivity index (χ3v) is 6.11. The molecule has 0 aliphatic carbocycles. The van der Waals surface area contributed by atoms with Gasteiger partial charge in [0.2, 0.25) is 0 Å². The summed E-state index contributed by atoms with van der Waals surface area (Å²) in [6.07, 6.45) is 0. The third kappa shape index (κ3) is 9.33. The Morgan fingerprint density at radius 2 is 1.04 bits per heavy atom. The minimum atomic E-state index is -1.66. The molecule has 0 atom stereocenters. The van der Waals surface area contributed by atoms with E-state index in [1.165, 1.54) is 15.9 Å². The van der Waals surface area contributed by atoms with Crippen LogP contribution >= 0.6 is 37.0 Å². The van der Waals surface area contributed by atoms with Crippen LogP contribution in [0.15, 0.2) is 91.0 Å². The molecule has 152 valence electrons. The van der Waals surface area contributed by atoms with E-state index in [4.69, 9.17) is 33.8 Å². The van der Waals surface area contributed by atoms with Gasteiger partial charge >= 0.3 is 42.1 Å². The Morgan fingerprint density at radius 3 is 1.25 bits per heavy atom. The van der Waals surface area contributed by atoms with E-state index < -0.39 is 20.9 Å². The van der Waals surface area contributed by atoms with E-state index in [0.717, 1.165) is 19.9 Å². The molecular weight excluding hydrogens is 522 g/mol. The number of benzene rings is 3. The minimum absolute atomic E-state index is 0.446. The van der Waals surface area contributed by atoms with Crippen LogP contribution in [0.5, 0.6) is 0 Å². The Labute approximate surface area is 185 Å². The number of hydrogen-bond acceptors (Lipinski definition) is 2. The predicted octanol–water partition coefficient (Wildman–Crippen LogP) is 5.07. The van der Waals surface area contributed by atoms with Gasteiger partial charge in [-0.3, -0.25) is 5.32 Å². The molecular formula is C21H22Cl3NOPRh. The maximum Gasteiger partial charge on any atom is -0.0134 e. The van der Waals surface area contributed by atoms with Crippen molar-refractivity contribution in [1.82, 2.24) is 5.32 Å². The van der Waals surface area contributed by atoms with Gasteiger partial charge in [0, 0.05) is 6.54 Å². The maximum absolute atomic E-state index is 4.94. The van der Waals surface area contributed by atoms with Gasteiger partial charge < -0.3 is 4.74 Å². The molecule has 0 radical (unpaired) electrons. The molecule has 0 bridgehead atoms. The molecule has 7 heteroatoms. The van der Waals surface area contributed by atoms with Crippen molar-refractivity contribution in [3.8, 4) is 0 Å². The van der Waals surface area contributed by atoms with Gasteiger partial charge in [-0.15, -0.1) is 0 Å². The summed E-state index contributed by atoms with van der Waals surface area (Å²) < 4.78 is 4.83. The summed E-state index contributed by atoms with van der Waals surface area (Å²) in [6, 6.07) is 32.3. The van der Waals surface area contributed by atoms with Crippen LogP contribution in [0.25, 0.3) is 0 Å². The number of nitrogens with one attached hydrogen (secondary N) is 1. The Balaban J connectivity index is 0.000000259. The van der Waals surface area contributed by atoms with Crippen LogP contribution in [0.2, 0.25) is 0 Å². The number of rotatable bonds is 3. The van der Waals surface area contributed by atoms with Crippen molar-refractivity contribution in [1.29, 1.82) is 0 Å². The van der Waals surface area contributed by atoms with E-state index in [-0.39, 0.29) is 0 Å². The molecule has 3 aromatic carbocycles. The van der Waals surface area contributed by atoms with Crippen molar-refractivity contribution >= 4 is 52.9 Å². The topological polar surface area (TPSA) is 21.3 Å². The molecule has 2 nitrogen and oxygen atoms in total. The smallest absolute Gasteiger partial charge is 0.0134 e. The van der Waals surface area contributed by atoms with Gasteiger partial charge in [0.15, 0.2) is 0 Å². The standard InChI is InChI=1S/C18H15P.C3H7NO.3ClH.Rh/c1-4-10-16(11-5-1)19(17-12-6-2-7-13-17)18-14-8-3-9-15-18;1-2-5-3-4-1;;;;/h1-15H;4H,1-3H2;3*1H;/q;;;;;+3/p-3. The van der Waals surface area contributed by atoms with Crippen molar-refractivity contribution in [3.05, 3.63) is 91.0 Å². The van der Waals surface area contributed by atoms with Gasteiger partial charge in [-0.05, 0) is 23.8 Å². The first-order valence-electron chi connectivity index (χ1n) is 8.57. The summed E-state index contributed by atoms with van der Waals surface area (Å²) in [5.41, 5.74) is 0. The minimum Gasteiger partial charge on any atom is -0.0622 e. The number of ether oxygens (including phenoxy) is 1. The molecule has 0 spiro atoms. The molecule has 28 heavy (non-hydrogen) atoms. The molecule has 1 aliphatic rings. The van der Waals surface area contributed by atoms with Gasteiger partial charge in [0.05, 0.1) is 13.3 Å². The largest absolute Gasteiger partial charge is 0.0622 e. The first kappa shape index (κ1) is 23.8. The number of hydrogen-bond donors (Lipinski definition) is 1. The Kier molecular flexibility index (Phi) is 12.3. The Bertz CT molecular complexity index is 658. The van der Waals surface area contributed by atoms with Gasteiger partial charge in [0.25, 0.3) is 0 Å². The molecule has 1 N–H and O–H groups in total. The number of halogens is 3. The van der Waals surface area contributed by atoms with Crippen LogP contribution < -0.4 is 21.2 Å². The van der Waals surface area contributed by atoms with Gasteiger partial charge in [-0.2, -0.15) is 0 Å².